The topological polar surface area (TPSA) is 74.3 Å². The summed E-state index contributed by atoms with van der Waals surface area (Å²) in [6.45, 7) is 0. The van der Waals surface area contributed by atoms with Gasteiger partial charge < -0.3 is 4.57 Å². The van der Waals surface area contributed by atoms with E-state index in [4.69, 9.17) is 0 Å². The fourth-order valence-corrected chi connectivity index (χ4v) is 3.82. The Kier molecular flexibility index (Phi) is 4.10. The van der Waals surface area contributed by atoms with Crippen molar-refractivity contribution in [3.8, 4) is 17.1 Å². The molecule has 2 aromatic carbocycles. The molecule has 0 aliphatic heterocycles. The first-order chi connectivity index (χ1) is 13.8. The smallest absolute Gasteiger partial charge is 0.197 e. The van der Waals surface area contributed by atoms with Crippen LogP contribution in [0.5, 0.6) is 0 Å². The number of aromatic nitrogens is 7. The van der Waals surface area contributed by atoms with Crippen molar-refractivity contribution >= 4 is 22.8 Å². The highest BCUT2D eigenvalue weighted by Crippen LogP contribution is 2.32. The second-order valence-electron chi connectivity index (χ2n) is 6.14. The van der Waals surface area contributed by atoms with Crippen molar-refractivity contribution in [2.75, 3.05) is 0 Å². The summed E-state index contributed by atoms with van der Waals surface area (Å²) in [4.78, 5) is 8.88. The number of rotatable bonds is 4. The lowest BCUT2D eigenvalue weighted by Gasteiger charge is -2.05. The minimum Gasteiger partial charge on any atom is -0.305 e. The van der Waals surface area contributed by atoms with Gasteiger partial charge in [0.15, 0.2) is 16.6 Å². The summed E-state index contributed by atoms with van der Waals surface area (Å²) in [6, 6.07) is 19.9. The van der Waals surface area contributed by atoms with E-state index >= 15 is 0 Å². The highest BCUT2D eigenvalue weighted by Gasteiger charge is 2.16. The first-order valence-corrected chi connectivity index (χ1v) is 9.50. The van der Waals surface area contributed by atoms with Gasteiger partial charge in [-0.15, -0.1) is 10.2 Å². The molecule has 3 aromatic heterocycles. The van der Waals surface area contributed by atoms with Gasteiger partial charge in [-0.1, -0.05) is 48.5 Å². The molecule has 0 atom stereocenters. The Bertz CT molecular complexity index is 1250. The average molecular weight is 385 g/mol. The number of para-hydroxylation sites is 1. The number of benzene rings is 2. The van der Waals surface area contributed by atoms with Crippen LogP contribution in [0.3, 0.4) is 0 Å². The zero-order chi connectivity index (χ0) is 18.9. The first-order valence-electron chi connectivity index (χ1n) is 8.68. The zero-order valence-electron chi connectivity index (χ0n) is 15.0. The van der Waals surface area contributed by atoms with Crippen LogP contribution in [0.15, 0.2) is 83.4 Å². The van der Waals surface area contributed by atoms with Crippen molar-refractivity contribution in [3.05, 3.63) is 73.2 Å². The van der Waals surface area contributed by atoms with Crippen LogP contribution < -0.4 is 0 Å². The molecule has 7 nitrogen and oxygen atoms in total. The molecule has 0 saturated carbocycles. The third-order valence-electron chi connectivity index (χ3n) is 4.38. The van der Waals surface area contributed by atoms with Gasteiger partial charge in [0.25, 0.3) is 0 Å². The van der Waals surface area contributed by atoms with Gasteiger partial charge in [-0.25, -0.2) is 14.6 Å². The van der Waals surface area contributed by atoms with Gasteiger partial charge in [-0.2, -0.15) is 5.10 Å². The molecule has 0 unspecified atom stereocenters. The van der Waals surface area contributed by atoms with E-state index in [9.17, 15) is 0 Å². The van der Waals surface area contributed by atoms with Crippen LogP contribution in [0, 0.1) is 0 Å². The molecule has 8 heteroatoms. The molecule has 5 aromatic rings. The second kappa shape index (κ2) is 6.90. The monoisotopic (exact) mass is 385 g/mol. The summed E-state index contributed by atoms with van der Waals surface area (Å²) >= 11 is 1.45. The Morgan fingerprint density at radius 1 is 0.857 bits per heavy atom. The van der Waals surface area contributed by atoms with Crippen LogP contribution in [0.25, 0.3) is 28.1 Å². The fourth-order valence-electron chi connectivity index (χ4n) is 2.99. The van der Waals surface area contributed by atoms with Crippen LogP contribution in [0.4, 0.5) is 0 Å². The largest absolute Gasteiger partial charge is 0.305 e. The summed E-state index contributed by atoms with van der Waals surface area (Å²) in [7, 11) is 1.95. The van der Waals surface area contributed by atoms with E-state index in [2.05, 4.69) is 25.3 Å². The summed E-state index contributed by atoms with van der Waals surface area (Å²) in [5.74, 6) is 0.813. The summed E-state index contributed by atoms with van der Waals surface area (Å²) < 4.78 is 3.78. The van der Waals surface area contributed by atoms with E-state index in [0.717, 1.165) is 38.3 Å². The molecule has 0 saturated heterocycles. The first kappa shape index (κ1) is 16.6. The standard InChI is InChI=1S/C20H15N7S/c1-26-17(14-8-4-2-5-9-14)24-25-20(26)28-19-16-12-23-27(18(16)21-13-22-19)15-10-6-3-7-11-15/h2-13H,1H3. The molecule has 0 aliphatic carbocycles. The van der Waals surface area contributed by atoms with Crippen molar-refractivity contribution in [2.45, 2.75) is 10.2 Å². The molecule has 0 aliphatic rings. The molecule has 136 valence electrons. The summed E-state index contributed by atoms with van der Waals surface area (Å²) in [6.07, 6.45) is 3.35. The Balaban J connectivity index is 1.53. The van der Waals surface area contributed by atoms with Crippen molar-refractivity contribution in [1.82, 2.24) is 34.5 Å². The molecule has 0 amide bonds. The lowest BCUT2D eigenvalue weighted by molar-refractivity contribution is 0.792. The lowest BCUT2D eigenvalue weighted by atomic mass is 10.2. The number of nitrogens with zero attached hydrogens (tertiary/aromatic N) is 7. The van der Waals surface area contributed by atoms with E-state index in [0.29, 0.717) is 0 Å². The van der Waals surface area contributed by atoms with E-state index in [-0.39, 0.29) is 0 Å². The maximum atomic E-state index is 4.50. The van der Waals surface area contributed by atoms with Gasteiger partial charge in [-0.3, -0.25) is 0 Å². The Hall–Kier alpha value is -3.52. The van der Waals surface area contributed by atoms with Gasteiger partial charge in [0, 0.05) is 12.6 Å². The number of fused-ring (bicyclic) bond motifs is 1. The molecule has 0 bridgehead atoms. The van der Waals surface area contributed by atoms with Crippen molar-refractivity contribution in [3.63, 3.8) is 0 Å². The van der Waals surface area contributed by atoms with Gasteiger partial charge in [0.2, 0.25) is 0 Å². The number of hydrogen-bond acceptors (Lipinski definition) is 6. The van der Waals surface area contributed by atoms with Crippen molar-refractivity contribution < 1.29 is 0 Å². The SMILES string of the molecule is Cn1c(Sc2ncnc3c2cnn3-c2ccccc2)nnc1-c1ccccc1. The maximum absolute atomic E-state index is 4.50. The van der Waals surface area contributed by atoms with E-state index in [1.165, 1.54) is 11.8 Å². The molecule has 0 N–H and O–H groups in total. The normalized spacial score (nSPS) is 11.2. The molecule has 3 heterocycles. The molecule has 0 spiro atoms. The van der Waals surface area contributed by atoms with Crippen LogP contribution in [-0.4, -0.2) is 34.5 Å². The fraction of sp³-hybridized carbons (Fsp3) is 0.0500. The lowest BCUT2D eigenvalue weighted by Crippen LogP contribution is -1.98. The quantitative estimate of drug-likeness (QED) is 0.439. The third kappa shape index (κ3) is 2.84. The Labute approximate surface area is 165 Å². The summed E-state index contributed by atoms with van der Waals surface area (Å²) in [5.41, 5.74) is 2.74. The van der Waals surface area contributed by atoms with Crippen molar-refractivity contribution in [2.24, 2.45) is 7.05 Å². The maximum Gasteiger partial charge on any atom is 0.197 e. The predicted molar refractivity (Wildman–Crippen MR) is 107 cm³/mol. The molecule has 5 rings (SSSR count). The average Bonchev–Trinajstić information content (AvgIpc) is 3.34. The van der Waals surface area contributed by atoms with E-state index < -0.39 is 0 Å². The van der Waals surface area contributed by atoms with Gasteiger partial charge in [0.05, 0.1) is 17.3 Å². The molecule has 0 radical (unpaired) electrons. The second-order valence-corrected chi connectivity index (χ2v) is 7.10. The van der Waals surface area contributed by atoms with Crippen molar-refractivity contribution in [1.29, 1.82) is 0 Å². The Morgan fingerprint density at radius 2 is 1.61 bits per heavy atom. The van der Waals surface area contributed by atoms with E-state index in [1.807, 2.05) is 77.0 Å². The van der Waals surface area contributed by atoms with Crippen LogP contribution in [0.1, 0.15) is 0 Å². The molecule has 0 fully saturated rings. The van der Waals surface area contributed by atoms with Gasteiger partial charge >= 0.3 is 0 Å². The van der Waals surface area contributed by atoms with Crippen LogP contribution in [0.2, 0.25) is 0 Å². The summed E-state index contributed by atoms with van der Waals surface area (Å²) in [5, 5.41) is 15.6. The number of hydrogen-bond donors (Lipinski definition) is 0. The third-order valence-corrected chi connectivity index (χ3v) is 5.44. The predicted octanol–water partition coefficient (Wildman–Crippen LogP) is 3.76. The highest BCUT2D eigenvalue weighted by molar-refractivity contribution is 7.99. The molecular weight excluding hydrogens is 370 g/mol. The molecule has 28 heavy (non-hydrogen) atoms. The van der Waals surface area contributed by atoms with Crippen LogP contribution >= 0.6 is 11.8 Å². The van der Waals surface area contributed by atoms with Gasteiger partial charge in [-0.05, 0) is 23.9 Å². The zero-order valence-corrected chi connectivity index (χ0v) is 15.8. The Morgan fingerprint density at radius 3 is 2.39 bits per heavy atom. The van der Waals surface area contributed by atoms with Gasteiger partial charge in [0.1, 0.15) is 11.4 Å². The van der Waals surface area contributed by atoms with Crippen LogP contribution in [-0.2, 0) is 7.05 Å². The highest BCUT2D eigenvalue weighted by atomic mass is 32.2. The molecular formula is C20H15N7S. The minimum atomic E-state index is 0.756. The van der Waals surface area contributed by atoms with E-state index in [1.54, 1.807) is 12.5 Å². The minimum absolute atomic E-state index is 0.756.